The number of hydrogen-bond donors (Lipinski definition) is 2. The molecule has 0 unspecified atom stereocenters. The van der Waals surface area contributed by atoms with E-state index in [2.05, 4.69) is 15.3 Å². The molecule has 3 rings (SSSR count). The molecule has 2 aromatic rings. The van der Waals surface area contributed by atoms with E-state index in [4.69, 9.17) is 5.73 Å². The van der Waals surface area contributed by atoms with E-state index in [1.165, 1.54) is 12.1 Å². The van der Waals surface area contributed by atoms with Crippen LogP contribution in [-0.2, 0) is 6.18 Å². The number of pyridine rings is 1. The first-order chi connectivity index (χ1) is 11.9. The molecule has 3 N–H and O–H groups in total. The maximum atomic E-state index is 12.6. The highest BCUT2D eigenvalue weighted by Crippen LogP contribution is 2.30. The molecule has 1 aliphatic rings. The molecule has 1 aliphatic heterocycles. The lowest BCUT2D eigenvalue weighted by atomic mass is 10.1. The predicted molar refractivity (Wildman–Crippen MR) is 92.7 cm³/mol. The summed E-state index contributed by atoms with van der Waals surface area (Å²) in [5.41, 5.74) is 8.11. The van der Waals surface area contributed by atoms with E-state index in [1.807, 2.05) is 6.08 Å². The molecular weight excluding hydrogens is 329 g/mol. The molecule has 4 nitrogen and oxygen atoms in total. The summed E-state index contributed by atoms with van der Waals surface area (Å²) in [6.07, 6.45) is 0.966. The molecule has 0 amide bonds. The summed E-state index contributed by atoms with van der Waals surface area (Å²) in [7, 11) is 0. The van der Waals surface area contributed by atoms with Crippen molar-refractivity contribution in [2.45, 2.75) is 19.0 Å². The van der Waals surface area contributed by atoms with E-state index < -0.39 is 11.7 Å². The number of hydrogen-bond acceptors (Lipinski definition) is 4. The fourth-order valence-corrected chi connectivity index (χ4v) is 2.55. The number of rotatable bonds is 4. The Morgan fingerprint density at radius 3 is 2.56 bits per heavy atom. The van der Waals surface area contributed by atoms with Crippen LogP contribution in [0.2, 0.25) is 0 Å². The van der Waals surface area contributed by atoms with Crippen molar-refractivity contribution in [1.82, 2.24) is 4.98 Å². The topological polar surface area (TPSA) is 63.3 Å². The highest BCUT2D eigenvalue weighted by molar-refractivity contribution is 6.02. The van der Waals surface area contributed by atoms with Gasteiger partial charge in [0.2, 0.25) is 0 Å². The molecule has 7 heteroatoms. The minimum Gasteiger partial charge on any atom is -0.398 e. The molecule has 1 aromatic heterocycles. The largest absolute Gasteiger partial charge is 0.416 e. The van der Waals surface area contributed by atoms with Gasteiger partial charge in [0.25, 0.3) is 0 Å². The number of anilines is 2. The quantitative estimate of drug-likeness (QED) is 0.864. The van der Waals surface area contributed by atoms with Gasteiger partial charge in [-0.2, -0.15) is 13.2 Å². The van der Waals surface area contributed by atoms with E-state index >= 15 is 0 Å². The molecule has 0 saturated heterocycles. The molecule has 1 aromatic carbocycles. The fourth-order valence-electron chi connectivity index (χ4n) is 2.55. The Morgan fingerprint density at radius 1 is 1.16 bits per heavy atom. The molecule has 0 saturated carbocycles. The normalized spacial score (nSPS) is 15.2. The van der Waals surface area contributed by atoms with Gasteiger partial charge in [-0.25, -0.2) is 4.98 Å². The Kier molecular flexibility index (Phi) is 4.74. The van der Waals surface area contributed by atoms with Crippen molar-refractivity contribution in [3.63, 3.8) is 0 Å². The lowest BCUT2D eigenvalue weighted by molar-refractivity contribution is -0.137. The number of alkyl halides is 3. The van der Waals surface area contributed by atoms with Crippen molar-refractivity contribution in [2.75, 3.05) is 11.9 Å². The first-order valence-corrected chi connectivity index (χ1v) is 7.83. The van der Waals surface area contributed by atoms with Crippen LogP contribution in [0, 0.1) is 0 Å². The van der Waals surface area contributed by atoms with Gasteiger partial charge in [-0.1, -0.05) is 0 Å². The zero-order valence-corrected chi connectivity index (χ0v) is 13.3. The summed E-state index contributed by atoms with van der Waals surface area (Å²) in [5.74, 6) is 0.481. The summed E-state index contributed by atoms with van der Waals surface area (Å²) in [4.78, 5) is 8.61. The van der Waals surface area contributed by atoms with Crippen LogP contribution < -0.4 is 11.1 Å². The number of benzene rings is 1. The maximum absolute atomic E-state index is 12.6. The predicted octanol–water partition coefficient (Wildman–Crippen LogP) is 4.38. The lowest BCUT2D eigenvalue weighted by Gasteiger charge is -2.12. The number of allylic oxidation sites excluding steroid dienone is 1. The number of aromatic nitrogens is 1. The SMILES string of the molecule is NC(=CC1=NCCC1)c1cccnc1Nc1ccc(C(F)(F)F)cc1. The van der Waals surface area contributed by atoms with Gasteiger partial charge >= 0.3 is 6.18 Å². The molecule has 0 fully saturated rings. The van der Waals surface area contributed by atoms with E-state index in [0.29, 0.717) is 22.8 Å². The third-order valence-corrected chi connectivity index (χ3v) is 3.82. The summed E-state index contributed by atoms with van der Waals surface area (Å²) in [6.45, 7) is 0.808. The monoisotopic (exact) mass is 346 g/mol. The van der Waals surface area contributed by atoms with Crippen molar-refractivity contribution < 1.29 is 13.2 Å². The molecule has 0 bridgehead atoms. The van der Waals surface area contributed by atoms with Crippen molar-refractivity contribution in [3.8, 4) is 0 Å². The second-order valence-electron chi connectivity index (χ2n) is 5.68. The smallest absolute Gasteiger partial charge is 0.398 e. The van der Waals surface area contributed by atoms with Gasteiger partial charge in [-0.05, 0) is 55.3 Å². The molecule has 130 valence electrons. The maximum Gasteiger partial charge on any atom is 0.416 e. The summed E-state index contributed by atoms with van der Waals surface area (Å²) in [6, 6.07) is 8.34. The van der Waals surface area contributed by atoms with Gasteiger partial charge < -0.3 is 11.1 Å². The van der Waals surface area contributed by atoms with Crippen LogP contribution in [0.15, 0.2) is 53.7 Å². The van der Waals surface area contributed by atoms with Crippen LogP contribution in [0.1, 0.15) is 24.0 Å². The third-order valence-electron chi connectivity index (χ3n) is 3.82. The summed E-state index contributed by atoms with van der Waals surface area (Å²) in [5, 5.41) is 3.02. The first-order valence-electron chi connectivity index (χ1n) is 7.83. The summed E-state index contributed by atoms with van der Waals surface area (Å²) >= 11 is 0. The van der Waals surface area contributed by atoms with Crippen LogP contribution in [-0.4, -0.2) is 17.2 Å². The van der Waals surface area contributed by atoms with E-state index in [9.17, 15) is 13.2 Å². The van der Waals surface area contributed by atoms with Gasteiger partial charge in [-0.3, -0.25) is 4.99 Å². The van der Waals surface area contributed by atoms with Crippen molar-refractivity contribution in [3.05, 3.63) is 59.8 Å². The van der Waals surface area contributed by atoms with Crippen LogP contribution in [0.5, 0.6) is 0 Å². The van der Waals surface area contributed by atoms with Crippen LogP contribution >= 0.6 is 0 Å². The fraction of sp³-hybridized carbons (Fsp3) is 0.222. The zero-order chi connectivity index (χ0) is 17.9. The number of halogens is 3. The second kappa shape index (κ2) is 6.96. The van der Waals surface area contributed by atoms with Crippen molar-refractivity contribution in [2.24, 2.45) is 10.7 Å². The Labute approximate surface area is 143 Å². The Balaban J connectivity index is 1.84. The molecule has 0 atom stereocenters. The minimum absolute atomic E-state index is 0.481. The average Bonchev–Trinajstić information content (AvgIpc) is 3.08. The number of nitrogens with two attached hydrogens (primary N) is 1. The number of nitrogens with one attached hydrogen (secondary N) is 1. The average molecular weight is 346 g/mol. The first kappa shape index (κ1) is 17.0. The zero-order valence-electron chi connectivity index (χ0n) is 13.3. The molecule has 2 heterocycles. The van der Waals surface area contributed by atoms with Crippen molar-refractivity contribution >= 4 is 22.9 Å². The van der Waals surface area contributed by atoms with Gasteiger partial charge in [0.1, 0.15) is 5.82 Å². The molecule has 0 radical (unpaired) electrons. The lowest BCUT2D eigenvalue weighted by Crippen LogP contribution is -2.06. The molecule has 25 heavy (non-hydrogen) atoms. The summed E-state index contributed by atoms with van der Waals surface area (Å²) < 4.78 is 37.9. The molecule has 0 aliphatic carbocycles. The van der Waals surface area contributed by atoms with Crippen molar-refractivity contribution in [1.29, 1.82) is 0 Å². The number of nitrogens with zero attached hydrogens (tertiary/aromatic N) is 2. The van der Waals surface area contributed by atoms with Crippen LogP contribution in [0.3, 0.4) is 0 Å². The van der Waals surface area contributed by atoms with Gasteiger partial charge in [-0.15, -0.1) is 0 Å². The molecule has 0 spiro atoms. The van der Waals surface area contributed by atoms with Gasteiger partial charge in [0, 0.05) is 35.4 Å². The van der Waals surface area contributed by atoms with Crippen LogP contribution in [0.25, 0.3) is 5.70 Å². The standard InChI is InChI=1S/C18H17F3N4/c19-18(20,21)12-5-7-13(8-6-12)25-17-15(4-2-10-24-17)16(22)11-14-3-1-9-23-14/h2,4-8,10-11H,1,3,9,22H2,(H,24,25). The van der Waals surface area contributed by atoms with Gasteiger partial charge in [0.15, 0.2) is 0 Å². The Hall–Kier alpha value is -2.83. The minimum atomic E-state index is -4.36. The third kappa shape index (κ3) is 4.17. The van der Waals surface area contributed by atoms with E-state index in [0.717, 1.165) is 37.2 Å². The number of aliphatic imine (C=N–C) groups is 1. The Morgan fingerprint density at radius 2 is 1.92 bits per heavy atom. The Bertz CT molecular complexity index is 808. The highest BCUT2D eigenvalue weighted by Gasteiger charge is 2.29. The van der Waals surface area contributed by atoms with Crippen LogP contribution in [0.4, 0.5) is 24.7 Å². The van der Waals surface area contributed by atoms with E-state index in [-0.39, 0.29) is 0 Å². The molecular formula is C18H17F3N4. The highest BCUT2D eigenvalue weighted by atomic mass is 19.4. The van der Waals surface area contributed by atoms with Gasteiger partial charge in [0.05, 0.1) is 5.56 Å². The second-order valence-corrected chi connectivity index (χ2v) is 5.68. The van der Waals surface area contributed by atoms with E-state index in [1.54, 1.807) is 18.3 Å².